The fourth-order valence-corrected chi connectivity index (χ4v) is 2.45. The lowest BCUT2D eigenvalue weighted by Crippen LogP contribution is -2.15. The zero-order chi connectivity index (χ0) is 16.2. The largest absolute Gasteiger partial charge is 0.324 e. The molecule has 0 aliphatic heterocycles. The van der Waals surface area contributed by atoms with E-state index in [0.29, 0.717) is 10.7 Å². The molecule has 0 fully saturated rings. The summed E-state index contributed by atoms with van der Waals surface area (Å²) in [7, 11) is 0. The number of hydrogen-bond acceptors (Lipinski definition) is 3. The third kappa shape index (κ3) is 3.57. The highest BCUT2D eigenvalue weighted by molar-refractivity contribution is 6.31. The highest BCUT2D eigenvalue weighted by Gasteiger charge is 2.08. The van der Waals surface area contributed by atoms with Crippen molar-refractivity contribution in [3.8, 4) is 5.82 Å². The third-order valence-corrected chi connectivity index (χ3v) is 3.78. The van der Waals surface area contributed by atoms with Crippen molar-refractivity contribution in [3.63, 3.8) is 0 Å². The van der Waals surface area contributed by atoms with Gasteiger partial charge in [-0.05, 0) is 30.7 Å². The number of amides is 1. The summed E-state index contributed by atoms with van der Waals surface area (Å²) in [6, 6.07) is 11.0. The molecular weight excluding hydrogens is 312 g/mol. The molecule has 0 spiro atoms. The molecule has 0 aliphatic carbocycles. The van der Waals surface area contributed by atoms with E-state index in [1.165, 1.54) is 0 Å². The van der Waals surface area contributed by atoms with E-state index in [9.17, 15) is 4.79 Å². The van der Waals surface area contributed by atoms with Gasteiger partial charge in [-0.15, -0.1) is 0 Å². The summed E-state index contributed by atoms with van der Waals surface area (Å²) in [6.45, 7) is 1.90. The van der Waals surface area contributed by atoms with Gasteiger partial charge in [0.15, 0.2) is 0 Å². The van der Waals surface area contributed by atoms with E-state index in [-0.39, 0.29) is 12.3 Å². The summed E-state index contributed by atoms with van der Waals surface area (Å²) in [4.78, 5) is 20.6. The molecule has 0 saturated carbocycles. The molecule has 3 aromatic rings. The molecular formula is C17H15ClN4O. The molecule has 2 aromatic heterocycles. The molecule has 3 rings (SSSR count). The molecule has 0 unspecified atom stereocenters. The molecule has 1 N–H and O–H groups in total. The Morgan fingerprint density at radius 3 is 2.70 bits per heavy atom. The summed E-state index contributed by atoms with van der Waals surface area (Å²) < 4.78 is 1.87. The van der Waals surface area contributed by atoms with Crippen molar-refractivity contribution in [2.75, 3.05) is 5.32 Å². The highest BCUT2D eigenvalue weighted by atomic mass is 35.5. The fourth-order valence-electron chi connectivity index (χ4n) is 2.24. The lowest BCUT2D eigenvalue weighted by Gasteiger charge is -2.08. The quantitative estimate of drug-likeness (QED) is 0.799. The average molecular weight is 327 g/mol. The number of halogens is 1. The summed E-state index contributed by atoms with van der Waals surface area (Å²) in [6.07, 6.45) is 5.41. The number of rotatable bonds is 4. The average Bonchev–Trinajstić information content (AvgIpc) is 2.96. The smallest absolute Gasteiger partial charge is 0.228 e. The van der Waals surface area contributed by atoms with Crippen LogP contribution in [0.2, 0.25) is 5.02 Å². The Hall–Kier alpha value is -2.66. The molecule has 0 atom stereocenters. The fraction of sp³-hybridized carbons (Fsp3) is 0.118. The number of aryl methyl sites for hydroxylation is 1. The van der Waals surface area contributed by atoms with Gasteiger partial charge in [0.25, 0.3) is 0 Å². The van der Waals surface area contributed by atoms with Crippen LogP contribution in [0.15, 0.2) is 55.0 Å². The zero-order valence-corrected chi connectivity index (χ0v) is 13.3. The summed E-state index contributed by atoms with van der Waals surface area (Å²) >= 11 is 6.06. The van der Waals surface area contributed by atoms with Crippen LogP contribution < -0.4 is 5.32 Å². The molecule has 1 aromatic carbocycles. The summed E-state index contributed by atoms with van der Waals surface area (Å²) in [5.41, 5.74) is 1.44. The van der Waals surface area contributed by atoms with Crippen LogP contribution >= 0.6 is 11.6 Å². The van der Waals surface area contributed by atoms with Crippen LogP contribution in [0.25, 0.3) is 5.82 Å². The van der Waals surface area contributed by atoms with Crippen LogP contribution in [0.3, 0.4) is 0 Å². The maximum atomic E-state index is 12.1. The molecule has 5 nitrogen and oxygen atoms in total. The van der Waals surface area contributed by atoms with E-state index in [1.807, 2.05) is 48.0 Å². The molecule has 0 aliphatic rings. The first-order valence-electron chi connectivity index (χ1n) is 7.13. The number of nitrogens with one attached hydrogen (secondary N) is 1. The number of carbonyl (C=O) groups is 1. The Kier molecular flexibility index (Phi) is 4.39. The van der Waals surface area contributed by atoms with Gasteiger partial charge >= 0.3 is 0 Å². The Morgan fingerprint density at radius 1 is 1.22 bits per heavy atom. The highest BCUT2D eigenvalue weighted by Crippen LogP contribution is 2.16. The molecule has 1 amide bonds. The minimum atomic E-state index is -0.133. The maximum Gasteiger partial charge on any atom is 0.228 e. The van der Waals surface area contributed by atoms with Crippen molar-refractivity contribution in [2.45, 2.75) is 13.3 Å². The molecule has 0 bridgehead atoms. The van der Waals surface area contributed by atoms with Gasteiger partial charge < -0.3 is 5.32 Å². The van der Waals surface area contributed by atoms with Gasteiger partial charge in [-0.1, -0.05) is 29.8 Å². The number of nitrogens with zero attached hydrogens (tertiary/aromatic N) is 3. The first kappa shape index (κ1) is 15.2. The van der Waals surface area contributed by atoms with Crippen LogP contribution in [0.4, 0.5) is 5.69 Å². The van der Waals surface area contributed by atoms with E-state index < -0.39 is 0 Å². The monoisotopic (exact) mass is 326 g/mol. The Bertz CT molecular complexity index is 827. The molecule has 6 heteroatoms. The standard InChI is InChI=1S/C17H15ClN4O/c1-12-19-8-9-22(12)16-7-6-14(11-20-16)21-17(23)10-13-4-2-3-5-15(13)18/h2-9,11H,10H2,1H3,(H,21,23). The molecule has 23 heavy (non-hydrogen) atoms. The number of imidazole rings is 1. The first-order chi connectivity index (χ1) is 11.1. The maximum absolute atomic E-state index is 12.1. The number of anilines is 1. The van der Waals surface area contributed by atoms with E-state index in [2.05, 4.69) is 15.3 Å². The van der Waals surface area contributed by atoms with E-state index >= 15 is 0 Å². The molecule has 2 heterocycles. The van der Waals surface area contributed by atoms with Gasteiger partial charge in [-0.3, -0.25) is 9.36 Å². The van der Waals surface area contributed by atoms with E-state index in [0.717, 1.165) is 17.2 Å². The Labute approximate surface area is 139 Å². The number of benzene rings is 1. The second kappa shape index (κ2) is 6.62. The zero-order valence-electron chi connectivity index (χ0n) is 12.5. The van der Waals surface area contributed by atoms with Gasteiger partial charge in [-0.25, -0.2) is 9.97 Å². The van der Waals surface area contributed by atoms with Crippen molar-refractivity contribution in [1.82, 2.24) is 14.5 Å². The van der Waals surface area contributed by atoms with E-state index in [4.69, 9.17) is 11.6 Å². The Balaban J connectivity index is 1.68. The van der Waals surface area contributed by atoms with Crippen molar-refractivity contribution in [2.24, 2.45) is 0 Å². The Morgan fingerprint density at radius 2 is 2.04 bits per heavy atom. The lowest BCUT2D eigenvalue weighted by atomic mass is 10.1. The van der Waals surface area contributed by atoms with Crippen LogP contribution in [-0.4, -0.2) is 20.4 Å². The lowest BCUT2D eigenvalue weighted by molar-refractivity contribution is -0.115. The minimum Gasteiger partial charge on any atom is -0.324 e. The summed E-state index contributed by atoms with van der Waals surface area (Å²) in [5, 5.41) is 3.41. The van der Waals surface area contributed by atoms with E-state index in [1.54, 1.807) is 18.5 Å². The van der Waals surface area contributed by atoms with Gasteiger partial charge in [0.05, 0.1) is 18.3 Å². The molecule has 0 saturated heterocycles. The van der Waals surface area contributed by atoms with Crippen LogP contribution in [0.5, 0.6) is 0 Å². The van der Waals surface area contributed by atoms with Crippen LogP contribution in [0, 0.1) is 6.92 Å². The SMILES string of the molecule is Cc1nccn1-c1ccc(NC(=O)Cc2ccccc2Cl)cn1. The van der Waals surface area contributed by atoms with Gasteiger partial charge in [-0.2, -0.15) is 0 Å². The van der Waals surface area contributed by atoms with Gasteiger partial charge in [0.2, 0.25) is 5.91 Å². The second-order valence-electron chi connectivity index (χ2n) is 5.07. The first-order valence-corrected chi connectivity index (χ1v) is 7.51. The van der Waals surface area contributed by atoms with Gasteiger partial charge in [0.1, 0.15) is 11.6 Å². The van der Waals surface area contributed by atoms with Crippen molar-refractivity contribution in [1.29, 1.82) is 0 Å². The minimum absolute atomic E-state index is 0.133. The van der Waals surface area contributed by atoms with Crippen molar-refractivity contribution >= 4 is 23.2 Å². The number of hydrogen-bond donors (Lipinski definition) is 1. The molecule has 0 radical (unpaired) electrons. The normalized spacial score (nSPS) is 10.5. The third-order valence-electron chi connectivity index (χ3n) is 3.41. The van der Waals surface area contributed by atoms with Crippen LogP contribution in [-0.2, 0) is 11.2 Å². The predicted molar refractivity (Wildman–Crippen MR) is 89.9 cm³/mol. The topological polar surface area (TPSA) is 59.8 Å². The number of pyridine rings is 1. The van der Waals surface area contributed by atoms with Crippen LogP contribution in [0.1, 0.15) is 11.4 Å². The number of aromatic nitrogens is 3. The number of carbonyl (C=O) groups excluding carboxylic acids is 1. The second-order valence-corrected chi connectivity index (χ2v) is 5.47. The van der Waals surface area contributed by atoms with Crippen molar-refractivity contribution < 1.29 is 4.79 Å². The molecule has 116 valence electrons. The van der Waals surface area contributed by atoms with Crippen molar-refractivity contribution in [3.05, 3.63) is 71.4 Å². The summed E-state index contributed by atoms with van der Waals surface area (Å²) in [5.74, 6) is 1.48. The van der Waals surface area contributed by atoms with Gasteiger partial charge in [0, 0.05) is 17.4 Å². The predicted octanol–water partition coefficient (Wildman–Crippen LogP) is 3.41.